The Balaban J connectivity index is 1.85. The Morgan fingerprint density at radius 1 is 1.15 bits per heavy atom. The summed E-state index contributed by atoms with van der Waals surface area (Å²) in [4.78, 5) is 18.3. The lowest BCUT2D eigenvalue weighted by atomic mass is 9.90. The molecule has 1 aromatic carbocycles. The summed E-state index contributed by atoms with van der Waals surface area (Å²) >= 11 is 1.98. The number of thioether (sulfide) groups is 1. The average molecular weight is 383 g/mol. The number of nitrogens with one attached hydrogen (secondary N) is 1. The van der Waals surface area contributed by atoms with Crippen LogP contribution in [0.25, 0.3) is 16.7 Å². The highest BCUT2D eigenvalue weighted by molar-refractivity contribution is 7.99. The van der Waals surface area contributed by atoms with Crippen LogP contribution in [-0.2, 0) is 12.0 Å². The molecule has 1 saturated heterocycles. The number of pyridine rings is 1. The van der Waals surface area contributed by atoms with Crippen molar-refractivity contribution in [3.63, 3.8) is 0 Å². The molecule has 142 valence electrons. The Morgan fingerprint density at radius 3 is 2.52 bits per heavy atom. The van der Waals surface area contributed by atoms with E-state index >= 15 is 0 Å². The predicted octanol–water partition coefficient (Wildman–Crippen LogP) is 3.56. The molecule has 0 spiro atoms. The SMILES string of the molecule is CC(C)(C)c1nn(-c2ccccc2)c2[nH]c(=O)c(CN3CCSCC3)cc12. The Morgan fingerprint density at radius 2 is 1.85 bits per heavy atom. The number of H-pyrrole nitrogens is 1. The van der Waals surface area contributed by atoms with Gasteiger partial charge in [0.2, 0.25) is 0 Å². The molecule has 0 saturated carbocycles. The summed E-state index contributed by atoms with van der Waals surface area (Å²) in [6, 6.07) is 12.0. The summed E-state index contributed by atoms with van der Waals surface area (Å²) in [7, 11) is 0. The van der Waals surface area contributed by atoms with E-state index in [2.05, 4.69) is 36.7 Å². The molecule has 0 aliphatic carbocycles. The minimum atomic E-state index is -0.116. The number of hydrogen-bond donors (Lipinski definition) is 1. The van der Waals surface area contributed by atoms with Gasteiger partial charge in [0.1, 0.15) is 5.65 Å². The normalized spacial score (nSPS) is 16.1. The van der Waals surface area contributed by atoms with Gasteiger partial charge in [0.25, 0.3) is 5.56 Å². The van der Waals surface area contributed by atoms with E-state index < -0.39 is 0 Å². The summed E-state index contributed by atoms with van der Waals surface area (Å²) in [5.74, 6) is 2.28. The number of aromatic amines is 1. The van der Waals surface area contributed by atoms with Crippen LogP contribution in [0.15, 0.2) is 41.2 Å². The number of para-hydroxylation sites is 1. The summed E-state index contributed by atoms with van der Waals surface area (Å²) in [5.41, 5.74) is 3.43. The lowest BCUT2D eigenvalue weighted by Crippen LogP contribution is -2.34. The Bertz CT molecular complexity index is 995. The third kappa shape index (κ3) is 3.69. The van der Waals surface area contributed by atoms with Crippen molar-refractivity contribution in [3.05, 3.63) is 58.0 Å². The molecule has 0 radical (unpaired) electrons. The summed E-state index contributed by atoms with van der Waals surface area (Å²) in [5, 5.41) is 5.92. The molecule has 1 aliphatic rings. The maximum Gasteiger partial charge on any atom is 0.254 e. The number of rotatable bonds is 3. The van der Waals surface area contributed by atoms with Crippen molar-refractivity contribution in [1.82, 2.24) is 19.7 Å². The van der Waals surface area contributed by atoms with Gasteiger partial charge in [-0.15, -0.1) is 0 Å². The third-order valence-electron chi connectivity index (χ3n) is 4.97. The number of aromatic nitrogens is 3. The molecule has 1 fully saturated rings. The van der Waals surface area contributed by atoms with Gasteiger partial charge >= 0.3 is 0 Å². The van der Waals surface area contributed by atoms with Gasteiger partial charge in [0.05, 0.1) is 11.4 Å². The van der Waals surface area contributed by atoms with Gasteiger partial charge in [0, 0.05) is 47.5 Å². The second-order valence-corrected chi connectivity index (χ2v) is 9.35. The maximum atomic E-state index is 12.8. The van der Waals surface area contributed by atoms with E-state index in [0.29, 0.717) is 6.54 Å². The lowest BCUT2D eigenvalue weighted by Gasteiger charge is -2.25. The molecule has 0 unspecified atom stereocenters. The van der Waals surface area contributed by atoms with E-state index in [0.717, 1.165) is 52.6 Å². The molecule has 0 atom stereocenters. The predicted molar refractivity (Wildman–Crippen MR) is 113 cm³/mol. The van der Waals surface area contributed by atoms with Crippen LogP contribution in [-0.4, -0.2) is 44.3 Å². The summed E-state index contributed by atoms with van der Waals surface area (Å²) in [6.45, 7) is 9.27. The highest BCUT2D eigenvalue weighted by Gasteiger charge is 2.25. The monoisotopic (exact) mass is 382 g/mol. The van der Waals surface area contributed by atoms with Crippen LogP contribution in [0, 0.1) is 0 Å². The van der Waals surface area contributed by atoms with E-state index in [1.807, 2.05) is 46.8 Å². The van der Waals surface area contributed by atoms with Gasteiger partial charge in [-0.1, -0.05) is 39.0 Å². The first kappa shape index (κ1) is 18.3. The van der Waals surface area contributed by atoms with E-state index in [9.17, 15) is 4.79 Å². The van der Waals surface area contributed by atoms with Crippen molar-refractivity contribution in [2.24, 2.45) is 0 Å². The van der Waals surface area contributed by atoms with E-state index in [1.54, 1.807) is 0 Å². The number of benzene rings is 1. The number of nitrogens with zero attached hydrogens (tertiary/aromatic N) is 3. The Labute approximate surface area is 163 Å². The van der Waals surface area contributed by atoms with Crippen LogP contribution in [0.5, 0.6) is 0 Å². The second-order valence-electron chi connectivity index (χ2n) is 8.12. The third-order valence-corrected chi connectivity index (χ3v) is 5.92. The largest absolute Gasteiger partial charge is 0.306 e. The quantitative estimate of drug-likeness (QED) is 0.753. The fraction of sp³-hybridized carbons (Fsp3) is 0.429. The molecule has 0 bridgehead atoms. The Kier molecular flexibility index (Phi) is 4.86. The average Bonchev–Trinajstić information content (AvgIpc) is 3.02. The fourth-order valence-corrected chi connectivity index (χ4v) is 4.52. The topological polar surface area (TPSA) is 53.9 Å². The molecule has 4 rings (SSSR count). The van der Waals surface area contributed by atoms with Gasteiger partial charge in [-0.2, -0.15) is 16.9 Å². The zero-order valence-corrected chi connectivity index (χ0v) is 17.0. The number of hydrogen-bond acceptors (Lipinski definition) is 4. The van der Waals surface area contributed by atoms with E-state index in [-0.39, 0.29) is 11.0 Å². The van der Waals surface area contributed by atoms with Crippen LogP contribution in [0.4, 0.5) is 0 Å². The molecule has 1 N–H and O–H groups in total. The highest BCUT2D eigenvalue weighted by atomic mass is 32.2. The first-order chi connectivity index (χ1) is 12.9. The van der Waals surface area contributed by atoms with Crippen molar-refractivity contribution in [1.29, 1.82) is 0 Å². The lowest BCUT2D eigenvalue weighted by molar-refractivity contribution is 0.293. The molecule has 6 heteroatoms. The van der Waals surface area contributed by atoms with Gasteiger partial charge in [-0.25, -0.2) is 4.68 Å². The minimum Gasteiger partial charge on any atom is -0.306 e. The van der Waals surface area contributed by atoms with Crippen LogP contribution >= 0.6 is 11.8 Å². The minimum absolute atomic E-state index is 0.0155. The van der Waals surface area contributed by atoms with Crippen molar-refractivity contribution in [2.45, 2.75) is 32.7 Å². The molecule has 0 amide bonds. The fourth-order valence-electron chi connectivity index (χ4n) is 3.54. The van der Waals surface area contributed by atoms with Crippen molar-refractivity contribution in [3.8, 4) is 5.69 Å². The van der Waals surface area contributed by atoms with Crippen molar-refractivity contribution >= 4 is 22.8 Å². The first-order valence-electron chi connectivity index (χ1n) is 9.44. The van der Waals surface area contributed by atoms with Gasteiger partial charge in [-0.3, -0.25) is 9.69 Å². The van der Waals surface area contributed by atoms with Crippen molar-refractivity contribution in [2.75, 3.05) is 24.6 Å². The molecule has 5 nitrogen and oxygen atoms in total. The van der Waals surface area contributed by atoms with E-state index in [4.69, 9.17) is 5.10 Å². The Hall–Kier alpha value is -2.05. The second kappa shape index (κ2) is 7.17. The standard InChI is InChI=1S/C21H26N4OS/c1-21(2,3)18-17-13-15(14-24-9-11-27-12-10-24)20(26)22-19(17)25(23-18)16-7-5-4-6-8-16/h4-8,13H,9-12,14H2,1-3H3,(H,22,26). The first-order valence-corrected chi connectivity index (χ1v) is 10.6. The molecular formula is C21H26N4OS. The van der Waals surface area contributed by atoms with E-state index in [1.165, 1.54) is 0 Å². The molecule has 2 aromatic heterocycles. The van der Waals surface area contributed by atoms with Gasteiger partial charge < -0.3 is 4.98 Å². The highest BCUT2D eigenvalue weighted by Crippen LogP contribution is 2.30. The zero-order chi connectivity index (χ0) is 19.0. The molecule has 27 heavy (non-hydrogen) atoms. The van der Waals surface area contributed by atoms with Crippen LogP contribution in [0.3, 0.4) is 0 Å². The molecule has 1 aliphatic heterocycles. The van der Waals surface area contributed by atoms with Crippen molar-refractivity contribution < 1.29 is 0 Å². The van der Waals surface area contributed by atoms with Crippen LogP contribution in [0.2, 0.25) is 0 Å². The smallest absolute Gasteiger partial charge is 0.254 e. The van der Waals surface area contributed by atoms with Crippen LogP contribution in [0.1, 0.15) is 32.0 Å². The zero-order valence-electron chi connectivity index (χ0n) is 16.2. The summed E-state index contributed by atoms with van der Waals surface area (Å²) in [6.07, 6.45) is 0. The number of fused-ring (bicyclic) bond motifs is 1. The van der Waals surface area contributed by atoms with Gasteiger partial charge in [0.15, 0.2) is 0 Å². The summed E-state index contributed by atoms with van der Waals surface area (Å²) < 4.78 is 1.86. The molecule has 3 aromatic rings. The molecular weight excluding hydrogens is 356 g/mol. The maximum absolute atomic E-state index is 12.8. The molecule has 3 heterocycles. The van der Waals surface area contributed by atoms with Crippen LogP contribution < -0.4 is 5.56 Å². The van der Waals surface area contributed by atoms with Gasteiger partial charge in [-0.05, 0) is 18.2 Å².